The summed E-state index contributed by atoms with van der Waals surface area (Å²) in [5.74, 6) is 0. The van der Waals surface area contributed by atoms with E-state index in [-0.39, 0.29) is 18.2 Å². The second-order valence-corrected chi connectivity index (χ2v) is 5.84. The molecule has 0 bridgehead atoms. The maximum absolute atomic E-state index is 12.0. The van der Waals surface area contributed by atoms with Gasteiger partial charge in [0.25, 0.3) is 0 Å². The van der Waals surface area contributed by atoms with Crippen LogP contribution in [0.1, 0.15) is 34.6 Å². The van der Waals surface area contributed by atoms with Gasteiger partial charge in [-0.05, 0) is 33.9 Å². The monoisotopic (exact) mass is 257 g/mol. The molecule has 0 saturated carbocycles. The van der Waals surface area contributed by atoms with Gasteiger partial charge in [-0.15, -0.1) is 0 Å². The average molecular weight is 257 g/mol. The number of rotatable bonds is 3. The predicted octanol–water partition coefficient (Wildman–Crippen LogP) is 1.27. The SMILES string of the molecule is CCN(CC)[C@@H]1CN(C(=O)OC(C)(C)C)C[C@H]1N. The summed E-state index contributed by atoms with van der Waals surface area (Å²) >= 11 is 0. The summed E-state index contributed by atoms with van der Waals surface area (Å²) in [7, 11) is 0. The Kier molecular flexibility index (Phi) is 4.99. The summed E-state index contributed by atoms with van der Waals surface area (Å²) in [5.41, 5.74) is 5.68. The zero-order valence-corrected chi connectivity index (χ0v) is 12.3. The quantitative estimate of drug-likeness (QED) is 0.827. The lowest BCUT2D eigenvalue weighted by Gasteiger charge is -2.28. The molecule has 1 aliphatic heterocycles. The van der Waals surface area contributed by atoms with Gasteiger partial charge in [0, 0.05) is 25.2 Å². The van der Waals surface area contributed by atoms with Gasteiger partial charge in [0.2, 0.25) is 0 Å². The molecule has 1 rings (SSSR count). The first-order valence-corrected chi connectivity index (χ1v) is 6.76. The van der Waals surface area contributed by atoms with Crippen molar-refractivity contribution in [3.63, 3.8) is 0 Å². The van der Waals surface area contributed by atoms with E-state index >= 15 is 0 Å². The number of ether oxygens (including phenoxy) is 1. The van der Waals surface area contributed by atoms with Crippen LogP contribution in [0.4, 0.5) is 4.79 Å². The van der Waals surface area contributed by atoms with Gasteiger partial charge in [-0.3, -0.25) is 4.90 Å². The minimum Gasteiger partial charge on any atom is -0.444 e. The lowest BCUT2D eigenvalue weighted by Crippen LogP contribution is -2.46. The maximum atomic E-state index is 12.0. The van der Waals surface area contributed by atoms with E-state index in [0.717, 1.165) is 13.1 Å². The van der Waals surface area contributed by atoms with E-state index in [0.29, 0.717) is 13.1 Å². The van der Waals surface area contributed by atoms with Crippen molar-refractivity contribution in [2.75, 3.05) is 26.2 Å². The fraction of sp³-hybridized carbons (Fsp3) is 0.923. The summed E-state index contributed by atoms with van der Waals surface area (Å²) in [6, 6.07) is 0.255. The molecule has 2 N–H and O–H groups in total. The molecule has 1 heterocycles. The van der Waals surface area contributed by atoms with Gasteiger partial charge in [0.15, 0.2) is 0 Å². The number of carbonyl (C=O) groups is 1. The standard InChI is InChI=1S/C13H27N3O2/c1-6-15(7-2)11-9-16(8-10(11)14)12(17)18-13(3,4)5/h10-11H,6-9,14H2,1-5H3/t10-,11-/m1/s1. The molecule has 5 nitrogen and oxygen atoms in total. The van der Waals surface area contributed by atoms with Crippen LogP contribution < -0.4 is 5.73 Å². The second-order valence-electron chi connectivity index (χ2n) is 5.84. The Morgan fingerprint density at radius 2 is 1.89 bits per heavy atom. The molecule has 2 atom stereocenters. The number of carbonyl (C=O) groups excluding carboxylic acids is 1. The van der Waals surface area contributed by atoms with Crippen molar-refractivity contribution < 1.29 is 9.53 Å². The third-order valence-corrected chi connectivity index (χ3v) is 3.27. The Bertz CT molecular complexity index is 284. The Morgan fingerprint density at radius 1 is 1.33 bits per heavy atom. The zero-order valence-electron chi connectivity index (χ0n) is 12.3. The first-order valence-electron chi connectivity index (χ1n) is 6.76. The molecule has 0 aromatic carbocycles. The van der Waals surface area contributed by atoms with Crippen molar-refractivity contribution in [3.8, 4) is 0 Å². The molecule has 0 aromatic heterocycles. The predicted molar refractivity (Wildman–Crippen MR) is 72.5 cm³/mol. The molecule has 0 aliphatic carbocycles. The molecule has 0 aromatic rings. The Hall–Kier alpha value is -0.810. The topological polar surface area (TPSA) is 58.8 Å². The fourth-order valence-corrected chi connectivity index (χ4v) is 2.37. The molecular weight excluding hydrogens is 230 g/mol. The molecular formula is C13H27N3O2. The number of amides is 1. The van der Waals surface area contributed by atoms with Gasteiger partial charge in [0.05, 0.1) is 0 Å². The minimum absolute atomic E-state index is 0.0115. The van der Waals surface area contributed by atoms with Crippen molar-refractivity contribution in [2.45, 2.75) is 52.3 Å². The molecule has 5 heteroatoms. The molecule has 18 heavy (non-hydrogen) atoms. The second kappa shape index (κ2) is 5.89. The van der Waals surface area contributed by atoms with E-state index < -0.39 is 5.60 Å². The van der Waals surface area contributed by atoms with Crippen molar-refractivity contribution >= 4 is 6.09 Å². The zero-order chi connectivity index (χ0) is 13.9. The number of likely N-dealkylation sites (N-methyl/N-ethyl adjacent to an activating group) is 1. The lowest BCUT2D eigenvalue weighted by atomic mass is 10.1. The van der Waals surface area contributed by atoms with E-state index in [1.54, 1.807) is 4.90 Å². The van der Waals surface area contributed by atoms with Crippen molar-refractivity contribution in [3.05, 3.63) is 0 Å². The van der Waals surface area contributed by atoms with Gasteiger partial charge < -0.3 is 15.4 Å². The minimum atomic E-state index is -0.450. The van der Waals surface area contributed by atoms with E-state index in [4.69, 9.17) is 10.5 Å². The summed E-state index contributed by atoms with van der Waals surface area (Å²) in [4.78, 5) is 16.0. The van der Waals surface area contributed by atoms with Gasteiger partial charge in [-0.2, -0.15) is 0 Å². The first-order chi connectivity index (χ1) is 8.28. The molecule has 1 amide bonds. The van der Waals surface area contributed by atoms with Crippen LogP contribution in [-0.4, -0.2) is 59.8 Å². The van der Waals surface area contributed by atoms with Crippen molar-refractivity contribution in [1.82, 2.24) is 9.80 Å². The van der Waals surface area contributed by atoms with Gasteiger partial charge in [0.1, 0.15) is 5.60 Å². The number of hydrogen-bond acceptors (Lipinski definition) is 4. The normalized spacial score (nSPS) is 24.7. The molecule has 1 saturated heterocycles. The van der Waals surface area contributed by atoms with Crippen LogP contribution in [0.3, 0.4) is 0 Å². The number of nitrogens with two attached hydrogens (primary N) is 1. The van der Waals surface area contributed by atoms with E-state index in [1.165, 1.54) is 0 Å². The Labute approximate surface area is 110 Å². The highest BCUT2D eigenvalue weighted by atomic mass is 16.6. The Balaban J connectivity index is 2.60. The third kappa shape index (κ3) is 3.85. The summed E-state index contributed by atoms with van der Waals surface area (Å²) in [6.45, 7) is 13.0. The summed E-state index contributed by atoms with van der Waals surface area (Å²) < 4.78 is 5.38. The first kappa shape index (κ1) is 15.2. The summed E-state index contributed by atoms with van der Waals surface area (Å²) in [6.07, 6.45) is -0.257. The lowest BCUT2D eigenvalue weighted by molar-refractivity contribution is 0.0280. The van der Waals surface area contributed by atoms with Gasteiger partial charge >= 0.3 is 6.09 Å². The highest BCUT2D eigenvalue weighted by Crippen LogP contribution is 2.18. The van der Waals surface area contributed by atoms with Gasteiger partial charge in [-0.1, -0.05) is 13.8 Å². The smallest absolute Gasteiger partial charge is 0.410 e. The van der Waals surface area contributed by atoms with Crippen LogP contribution in [0.5, 0.6) is 0 Å². The highest BCUT2D eigenvalue weighted by Gasteiger charge is 2.37. The van der Waals surface area contributed by atoms with Gasteiger partial charge in [-0.25, -0.2) is 4.79 Å². The molecule has 0 radical (unpaired) electrons. The largest absolute Gasteiger partial charge is 0.444 e. The average Bonchev–Trinajstić information content (AvgIpc) is 2.61. The summed E-state index contributed by atoms with van der Waals surface area (Å²) in [5, 5.41) is 0. The third-order valence-electron chi connectivity index (χ3n) is 3.27. The molecule has 0 unspecified atom stereocenters. The molecule has 106 valence electrons. The molecule has 0 spiro atoms. The van der Waals surface area contributed by atoms with E-state index in [1.807, 2.05) is 20.8 Å². The van der Waals surface area contributed by atoms with Crippen LogP contribution in [0.15, 0.2) is 0 Å². The van der Waals surface area contributed by atoms with E-state index in [2.05, 4.69) is 18.7 Å². The van der Waals surface area contributed by atoms with Crippen LogP contribution >= 0.6 is 0 Å². The van der Waals surface area contributed by atoms with Crippen LogP contribution in [0, 0.1) is 0 Å². The van der Waals surface area contributed by atoms with Crippen molar-refractivity contribution in [2.24, 2.45) is 5.73 Å². The van der Waals surface area contributed by atoms with E-state index in [9.17, 15) is 4.79 Å². The maximum Gasteiger partial charge on any atom is 0.410 e. The van der Waals surface area contributed by atoms with Crippen LogP contribution in [0.2, 0.25) is 0 Å². The number of nitrogens with zero attached hydrogens (tertiary/aromatic N) is 2. The van der Waals surface area contributed by atoms with Crippen LogP contribution in [-0.2, 0) is 4.74 Å². The van der Waals surface area contributed by atoms with Crippen molar-refractivity contribution in [1.29, 1.82) is 0 Å². The highest BCUT2D eigenvalue weighted by molar-refractivity contribution is 5.68. The molecule has 1 fully saturated rings. The molecule has 1 aliphatic rings. The van der Waals surface area contributed by atoms with Crippen LogP contribution in [0.25, 0.3) is 0 Å². The fourth-order valence-electron chi connectivity index (χ4n) is 2.37. The number of hydrogen-bond donors (Lipinski definition) is 1. The number of likely N-dealkylation sites (tertiary alicyclic amines) is 1. The Morgan fingerprint density at radius 3 is 2.33 bits per heavy atom.